The summed E-state index contributed by atoms with van der Waals surface area (Å²) in [6.07, 6.45) is 5.84. The molecule has 3 aliphatic rings. The van der Waals surface area contributed by atoms with Gasteiger partial charge in [0.1, 0.15) is 0 Å². The number of nitriles is 1. The summed E-state index contributed by atoms with van der Waals surface area (Å²) >= 11 is 0. The van der Waals surface area contributed by atoms with Gasteiger partial charge in [-0.1, -0.05) is 48.5 Å². The fraction of sp³-hybridized carbons (Fsp3) is 0.519. The molecule has 2 aromatic carbocycles. The van der Waals surface area contributed by atoms with Crippen LogP contribution >= 0.6 is 0 Å². The summed E-state index contributed by atoms with van der Waals surface area (Å²) in [6, 6.07) is 22.0. The van der Waals surface area contributed by atoms with Crippen molar-refractivity contribution in [2.75, 3.05) is 26.2 Å². The summed E-state index contributed by atoms with van der Waals surface area (Å²) in [7, 11) is -3.46. The maximum Gasteiger partial charge on any atom is 0.243 e. The maximum absolute atomic E-state index is 13.0. The second-order valence-electron chi connectivity index (χ2n) is 10.1. The number of hydrogen-bond acceptors (Lipinski definition) is 4. The highest BCUT2D eigenvalue weighted by molar-refractivity contribution is 7.89. The predicted octanol–water partition coefficient (Wildman–Crippen LogP) is 4.64. The smallest absolute Gasteiger partial charge is 0.243 e. The van der Waals surface area contributed by atoms with Gasteiger partial charge in [-0.3, -0.25) is 4.90 Å². The molecule has 3 fully saturated rings. The van der Waals surface area contributed by atoms with Crippen LogP contribution in [0.3, 0.4) is 0 Å². The monoisotopic (exact) mass is 463 g/mol. The van der Waals surface area contributed by atoms with Gasteiger partial charge in [0.05, 0.1) is 17.4 Å². The Labute approximate surface area is 198 Å². The minimum absolute atomic E-state index is 0.167. The van der Waals surface area contributed by atoms with Gasteiger partial charge in [0, 0.05) is 31.7 Å². The highest BCUT2D eigenvalue weighted by Gasteiger charge is 2.47. The summed E-state index contributed by atoms with van der Waals surface area (Å²) in [5, 5.41) is 9.54. The molecule has 2 aliphatic heterocycles. The van der Waals surface area contributed by atoms with Crippen LogP contribution < -0.4 is 0 Å². The topological polar surface area (TPSA) is 64.4 Å². The van der Waals surface area contributed by atoms with Gasteiger partial charge in [0.15, 0.2) is 0 Å². The molecule has 6 heteroatoms. The van der Waals surface area contributed by atoms with Crippen LogP contribution in [0.1, 0.15) is 50.0 Å². The molecular formula is C27H33N3O2S. The zero-order valence-electron chi connectivity index (χ0n) is 19.1. The Hall–Kier alpha value is -2.20. The highest BCUT2D eigenvalue weighted by Crippen LogP contribution is 2.51. The minimum Gasteiger partial charge on any atom is -0.296 e. The van der Waals surface area contributed by atoms with Gasteiger partial charge >= 0.3 is 0 Å². The molecule has 174 valence electrons. The summed E-state index contributed by atoms with van der Waals surface area (Å²) in [5.74, 6) is 2.30. The van der Waals surface area contributed by atoms with Gasteiger partial charge in [0.2, 0.25) is 10.0 Å². The third-order valence-corrected chi connectivity index (χ3v) is 10.1. The molecule has 1 saturated carbocycles. The molecule has 2 saturated heterocycles. The average molecular weight is 464 g/mol. The van der Waals surface area contributed by atoms with Crippen LogP contribution in [0.2, 0.25) is 0 Å². The number of piperidine rings is 1. The van der Waals surface area contributed by atoms with E-state index >= 15 is 0 Å². The third kappa shape index (κ3) is 4.59. The summed E-state index contributed by atoms with van der Waals surface area (Å²) in [5.41, 5.74) is 1.32. The number of nitrogens with zero attached hydrogens (tertiary/aromatic N) is 3. The maximum atomic E-state index is 13.0. The minimum atomic E-state index is -3.46. The van der Waals surface area contributed by atoms with E-state index in [4.69, 9.17) is 0 Å². The first kappa shape index (κ1) is 22.6. The lowest BCUT2D eigenvalue weighted by atomic mass is 9.78. The molecule has 0 amide bonds. The molecule has 5 rings (SSSR count). The van der Waals surface area contributed by atoms with Crippen LogP contribution in [0.5, 0.6) is 0 Å². The number of benzene rings is 2. The van der Waals surface area contributed by atoms with Crippen LogP contribution in [-0.4, -0.2) is 49.3 Å². The second kappa shape index (κ2) is 9.21. The van der Waals surface area contributed by atoms with Gasteiger partial charge in [-0.2, -0.15) is 9.57 Å². The van der Waals surface area contributed by atoms with Crippen LogP contribution in [0.25, 0.3) is 0 Å². The number of hydrogen-bond donors (Lipinski definition) is 0. The third-order valence-electron chi connectivity index (χ3n) is 8.17. The van der Waals surface area contributed by atoms with Crippen LogP contribution in [0, 0.1) is 23.2 Å². The number of rotatable bonds is 8. The standard InChI is InChI=1S/C27H33N3O2S/c28-16-13-27(14-17-30(18-15-27)33(31,32)25-9-5-2-6-10-25)29-20-22(21-29)11-12-24-19-26(24)23-7-3-1-4-8-23/h1-10,22,24,26H,11-15,17-21H2. The second-order valence-corrected chi connectivity index (χ2v) is 12.1. The van der Waals surface area contributed by atoms with E-state index in [-0.39, 0.29) is 5.54 Å². The van der Waals surface area contributed by atoms with E-state index in [1.165, 1.54) is 24.8 Å². The van der Waals surface area contributed by atoms with Gasteiger partial charge < -0.3 is 0 Å². The molecule has 2 heterocycles. The van der Waals surface area contributed by atoms with E-state index < -0.39 is 10.0 Å². The largest absolute Gasteiger partial charge is 0.296 e. The van der Waals surface area contributed by atoms with Crippen molar-refractivity contribution in [1.29, 1.82) is 5.26 Å². The normalized spacial score (nSPS) is 25.8. The Morgan fingerprint density at radius 2 is 1.58 bits per heavy atom. The first-order valence-electron chi connectivity index (χ1n) is 12.2. The van der Waals surface area contributed by atoms with Crippen molar-refractivity contribution in [3.8, 4) is 6.07 Å². The fourth-order valence-corrected chi connectivity index (χ4v) is 7.36. The molecule has 2 atom stereocenters. The zero-order chi connectivity index (χ0) is 22.9. The van der Waals surface area contributed by atoms with Crippen molar-refractivity contribution in [3.63, 3.8) is 0 Å². The SMILES string of the molecule is N#CCC1(N2CC(CCC3CC3c3ccccc3)C2)CCN(S(=O)(=O)c2ccccc2)CC1. The molecular weight excluding hydrogens is 430 g/mol. The van der Waals surface area contributed by atoms with E-state index in [0.29, 0.717) is 30.3 Å². The molecule has 0 aromatic heterocycles. The number of likely N-dealkylation sites (tertiary alicyclic amines) is 1. The van der Waals surface area contributed by atoms with Gasteiger partial charge in [-0.25, -0.2) is 8.42 Å². The number of sulfonamides is 1. The summed E-state index contributed by atoms with van der Waals surface area (Å²) in [6.45, 7) is 3.08. The molecule has 2 aromatic rings. The van der Waals surface area contributed by atoms with E-state index in [2.05, 4.69) is 41.3 Å². The van der Waals surface area contributed by atoms with Crippen LogP contribution in [-0.2, 0) is 10.0 Å². The first-order chi connectivity index (χ1) is 16.0. The van der Waals surface area contributed by atoms with Crippen molar-refractivity contribution < 1.29 is 8.42 Å². The Balaban J connectivity index is 1.12. The van der Waals surface area contributed by atoms with E-state index in [1.54, 1.807) is 28.6 Å². The van der Waals surface area contributed by atoms with E-state index in [0.717, 1.165) is 37.8 Å². The predicted molar refractivity (Wildman–Crippen MR) is 129 cm³/mol. The van der Waals surface area contributed by atoms with Crippen molar-refractivity contribution in [2.45, 2.75) is 54.9 Å². The van der Waals surface area contributed by atoms with Crippen molar-refractivity contribution in [1.82, 2.24) is 9.21 Å². The van der Waals surface area contributed by atoms with E-state index in [1.807, 2.05) is 6.07 Å². The van der Waals surface area contributed by atoms with Crippen LogP contribution in [0.4, 0.5) is 0 Å². The van der Waals surface area contributed by atoms with Crippen molar-refractivity contribution >= 4 is 10.0 Å². The van der Waals surface area contributed by atoms with Crippen molar-refractivity contribution in [3.05, 3.63) is 66.2 Å². The molecule has 0 spiro atoms. The molecule has 1 aliphatic carbocycles. The summed E-state index contributed by atoms with van der Waals surface area (Å²) < 4.78 is 27.6. The van der Waals surface area contributed by atoms with E-state index in [9.17, 15) is 13.7 Å². The summed E-state index contributed by atoms with van der Waals surface area (Å²) in [4.78, 5) is 2.84. The molecule has 2 unspecified atom stereocenters. The molecule has 33 heavy (non-hydrogen) atoms. The van der Waals surface area contributed by atoms with Gasteiger partial charge in [-0.15, -0.1) is 0 Å². The fourth-order valence-electron chi connectivity index (χ4n) is 5.90. The Morgan fingerprint density at radius 3 is 2.21 bits per heavy atom. The highest BCUT2D eigenvalue weighted by atomic mass is 32.2. The van der Waals surface area contributed by atoms with Crippen LogP contribution in [0.15, 0.2) is 65.6 Å². The average Bonchev–Trinajstić information content (AvgIpc) is 3.59. The first-order valence-corrected chi connectivity index (χ1v) is 13.7. The zero-order valence-corrected chi connectivity index (χ0v) is 20.0. The molecule has 5 nitrogen and oxygen atoms in total. The van der Waals surface area contributed by atoms with Gasteiger partial charge in [-0.05, 0) is 67.6 Å². The van der Waals surface area contributed by atoms with Crippen molar-refractivity contribution in [2.24, 2.45) is 11.8 Å². The Morgan fingerprint density at radius 1 is 0.939 bits per heavy atom. The Kier molecular flexibility index (Phi) is 6.30. The quantitative estimate of drug-likeness (QED) is 0.572. The lowest BCUT2D eigenvalue weighted by molar-refractivity contribution is -0.0430. The van der Waals surface area contributed by atoms with Gasteiger partial charge in [0.25, 0.3) is 0 Å². The molecule has 0 N–H and O–H groups in total. The lowest BCUT2D eigenvalue weighted by Crippen LogP contribution is -2.63. The lowest BCUT2D eigenvalue weighted by Gasteiger charge is -2.54. The Bertz CT molecular complexity index is 1080. The molecule has 0 bridgehead atoms. The molecule has 0 radical (unpaired) electrons.